The molecule has 182 valence electrons. The fraction of sp³-hybridized carbons (Fsp3) is 0.344. The van der Waals surface area contributed by atoms with Gasteiger partial charge < -0.3 is 9.47 Å². The summed E-state index contributed by atoms with van der Waals surface area (Å²) in [6, 6.07) is 24.3. The van der Waals surface area contributed by atoms with Crippen LogP contribution in [0.25, 0.3) is 11.1 Å². The standard InChI is InChI=1S/C32H36O3/c1-4-6-24-7-9-28(10-8-24)31-20-17-29(21-23(31)3)27-13-11-25(12-14-27)26-15-18-30(19-16-26)34-22-35-32(33)5-2/h5,7-10,15-21,25,27H,2,4,6,11-14,22H2,1,3H3. The third-order valence-corrected chi connectivity index (χ3v) is 7.20. The number of hydrogen-bond acceptors (Lipinski definition) is 3. The summed E-state index contributed by atoms with van der Waals surface area (Å²) in [5, 5.41) is 0. The van der Waals surface area contributed by atoms with Gasteiger partial charge in [0, 0.05) is 6.08 Å². The van der Waals surface area contributed by atoms with Gasteiger partial charge in [0.15, 0.2) is 0 Å². The van der Waals surface area contributed by atoms with Crippen molar-refractivity contribution in [2.24, 2.45) is 0 Å². The molecule has 0 atom stereocenters. The first-order valence-electron chi connectivity index (χ1n) is 12.8. The zero-order valence-electron chi connectivity index (χ0n) is 21.0. The summed E-state index contributed by atoms with van der Waals surface area (Å²) >= 11 is 0. The molecule has 0 spiro atoms. The van der Waals surface area contributed by atoms with Crippen LogP contribution in [0.1, 0.15) is 73.1 Å². The molecular weight excluding hydrogens is 432 g/mol. The van der Waals surface area contributed by atoms with E-state index in [1.807, 2.05) is 12.1 Å². The summed E-state index contributed by atoms with van der Waals surface area (Å²) in [5.74, 6) is 1.44. The Morgan fingerprint density at radius 1 is 0.914 bits per heavy atom. The van der Waals surface area contributed by atoms with Gasteiger partial charge in [-0.05, 0) is 96.4 Å². The second kappa shape index (κ2) is 11.9. The van der Waals surface area contributed by atoms with Crippen LogP contribution in [-0.2, 0) is 16.0 Å². The smallest absolute Gasteiger partial charge is 0.333 e. The zero-order valence-corrected chi connectivity index (χ0v) is 21.0. The molecule has 0 heterocycles. The number of esters is 1. The summed E-state index contributed by atoms with van der Waals surface area (Å²) in [7, 11) is 0. The van der Waals surface area contributed by atoms with Crippen molar-refractivity contribution in [3.05, 3.63) is 102 Å². The molecule has 0 amide bonds. The molecule has 0 bridgehead atoms. The van der Waals surface area contributed by atoms with Crippen molar-refractivity contribution >= 4 is 5.97 Å². The van der Waals surface area contributed by atoms with Gasteiger partial charge in [0.1, 0.15) is 5.75 Å². The molecule has 0 saturated heterocycles. The molecule has 0 unspecified atom stereocenters. The lowest BCUT2D eigenvalue weighted by atomic mass is 9.76. The van der Waals surface area contributed by atoms with Crippen LogP contribution in [0.5, 0.6) is 5.75 Å². The van der Waals surface area contributed by atoms with E-state index in [0.29, 0.717) is 17.6 Å². The lowest BCUT2D eigenvalue weighted by Crippen LogP contribution is -2.12. The SMILES string of the molecule is C=CC(=O)OCOc1ccc(C2CCC(c3ccc(-c4ccc(CCC)cc4)c(C)c3)CC2)cc1. The van der Waals surface area contributed by atoms with Crippen molar-refractivity contribution in [3.63, 3.8) is 0 Å². The third-order valence-electron chi connectivity index (χ3n) is 7.20. The monoisotopic (exact) mass is 468 g/mol. The number of carbonyl (C=O) groups is 1. The van der Waals surface area contributed by atoms with Crippen LogP contribution in [0.2, 0.25) is 0 Å². The maximum atomic E-state index is 11.1. The van der Waals surface area contributed by atoms with Crippen LogP contribution in [0, 0.1) is 6.92 Å². The lowest BCUT2D eigenvalue weighted by molar-refractivity contribution is -0.144. The molecule has 1 saturated carbocycles. The van der Waals surface area contributed by atoms with E-state index in [1.54, 1.807) is 0 Å². The van der Waals surface area contributed by atoms with Crippen LogP contribution in [0.3, 0.4) is 0 Å². The molecule has 1 fully saturated rings. The zero-order chi connectivity index (χ0) is 24.6. The molecule has 0 aliphatic heterocycles. The Kier molecular flexibility index (Phi) is 8.41. The molecule has 35 heavy (non-hydrogen) atoms. The molecule has 4 rings (SSSR count). The number of benzene rings is 3. The molecule has 1 aliphatic rings. The number of carbonyl (C=O) groups excluding carboxylic acids is 1. The highest BCUT2D eigenvalue weighted by Crippen LogP contribution is 2.41. The fourth-order valence-electron chi connectivity index (χ4n) is 5.22. The molecule has 3 aromatic rings. The van der Waals surface area contributed by atoms with Gasteiger partial charge in [-0.25, -0.2) is 4.79 Å². The van der Waals surface area contributed by atoms with E-state index in [2.05, 4.69) is 75.0 Å². The number of ether oxygens (including phenoxy) is 2. The fourth-order valence-corrected chi connectivity index (χ4v) is 5.22. The second-order valence-electron chi connectivity index (χ2n) is 9.57. The van der Waals surface area contributed by atoms with E-state index in [0.717, 1.165) is 12.5 Å². The van der Waals surface area contributed by atoms with Gasteiger partial charge in [-0.3, -0.25) is 0 Å². The van der Waals surface area contributed by atoms with Crippen LogP contribution in [0.15, 0.2) is 79.4 Å². The quantitative estimate of drug-likeness (QED) is 0.181. The lowest BCUT2D eigenvalue weighted by Gasteiger charge is -2.29. The van der Waals surface area contributed by atoms with Gasteiger partial charge in [0.2, 0.25) is 6.79 Å². The Bertz CT molecular complexity index is 1120. The highest BCUT2D eigenvalue weighted by Gasteiger charge is 2.24. The van der Waals surface area contributed by atoms with E-state index >= 15 is 0 Å². The highest BCUT2D eigenvalue weighted by molar-refractivity contribution is 5.81. The molecule has 0 aromatic heterocycles. The molecule has 0 radical (unpaired) electrons. The second-order valence-corrected chi connectivity index (χ2v) is 9.57. The van der Waals surface area contributed by atoms with Crippen LogP contribution < -0.4 is 4.74 Å². The van der Waals surface area contributed by atoms with E-state index in [-0.39, 0.29) is 6.79 Å². The number of hydrogen-bond donors (Lipinski definition) is 0. The van der Waals surface area contributed by atoms with Gasteiger partial charge in [-0.2, -0.15) is 0 Å². The Labute approximate surface area is 209 Å². The summed E-state index contributed by atoms with van der Waals surface area (Å²) in [6.07, 6.45) is 8.28. The van der Waals surface area contributed by atoms with Gasteiger partial charge in [-0.15, -0.1) is 0 Å². The van der Waals surface area contributed by atoms with Crippen molar-refractivity contribution in [3.8, 4) is 16.9 Å². The van der Waals surface area contributed by atoms with Crippen LogP contribution in [0.4, 0.5) is 0 Å². The normalized spacial score (nSPS) is 17.5. The summed E-state index contributed by atoms with van der Waals surface area (Å²) < 4.78 is 10.3. The Morgan fingerprint density at radius 3 is 2.14 bits per heavy atom. The molecule has 1 aliphatic carbocycles. The van der Waals surface area contributed by atoms with Crippen LogP contribution >= 0.6 is 0 Å². The Balaban J connectivity index is 1.32. The average Bonchev–Trinajstić information content (AvgIpc) is 2.90. The van der Waals surface area contributed by atoms with Gasteiger partial charge >= 0.3 is 5.97 Å². The van der Waals surface area contributed by atoms with Gasteiger partial charge in [-0.1, -0.05) is 74.5 Å². The summed E-state index contributed by atoms with van der Waals surface area (Å²) in [6.45, 7) is 7.74. The Morgan fingerprint density at radius 2 is 1.54 bits per heavy atom. The van der Waals surface area contributed by atoms with Crippen molar-refractivity contribution in [1.82, 2.24) is 0 Å². The molecular formula is C32H36O3. The first kappa shape index (κ1) is 24.8. The first-order valence-corrected chi connectivity index (χ1v) is 12.8. The van der Waals surface area contributed by atoms with Gasteiger partial charge in [0.05, 0.1) is 0 Å². The van der Waals surface area contributed by atoms with E-state index < -0.39 is 5.97 Å². The molecule has 3 nitrogen and oxygen atoms in total. The largest absolute Gasteiger partial charge is 0.457 e. The van der Waals surface area contributed by atoms with Crippen molar-refractivity contribution in [2.75, 3.05) is 6.79 Å². The van der Waals surface area contributed by atoms with Crippen molar-refractivity contribution < 1.29 is 14.3 Å². The minimum absolute atomic E-state index is 0.0995. The minimum atomic E-state index is -0.482. The topological polar surface area (TPSA) is 35.5 Å². The van der Waals surface area contributed by atoms with Crippen LogP contribution in [-0.4, -0.2) is 12.8 Å². The Hall–Kier alpha value is -3.33. The predicted molar refractivity (Wildman–Crippen MR) is 143 cm³/mol. The summed E-state index contributed by atoms with van der Waals surface area (Å²) in [5.41, 5.74) is 8.26. The van der Waals surface area contributed by atoms with E-state index in [1.165, 1.54) is 65.5 Å². The van der Waals surface area contributed by atoms with Crippen molar-refractivity contribution in [1.29, 1.82) is 0 Å². The predicted octanol–water partition coefficient (Wildman–Crippen LogP) is 8.12. The molecule has 3 heteroatoms. The average molecular weight is 469 g/mol. The number of aryl methyl sites for hydroxylation is 2. The molecule has 0 N–H and O–H groups in total. The first-order chi connectivity index (χ1) is 17.1. The van der Waals surface area contributed by atoms with Gasteiger partial charge in [0.25, 0.3) is 0 Å². The minimum Gasteiger partial charge on any atom is -0.457 e. The third kappa shape index (κ3) is 6.42. The number of rotatable bonds is 9. The van der Waals surface area contributed by atoms with Crippen molar-refractivity contribution in [2.45, 2.75) is 64.2 Å². The maximum absolute atomic E-state index is 11.1. The van der Waals surface area contributed by atoms with E-state index in [9.17, 15) is 4.79 Å². The molecule has 3 aromatic carbocycles. The highest BCUT2D eigenvalue weighted by atomic mass is 16.7. The summed E-state index contributed by atoms with van der Waals surface area (Å²) in [4.78, 5) is 11.1. The maximum Gasteiger partial charge on any atom is 0.333 e. The van der Waals surface area contributed by atoms with E-state index in [4.69, 9.17) is 9.47 Å².